The highest BCUT2D eigenvalue weighted by Crippen LogP contribution is 2.40. The standard InChI is InChI=1S/C22H30N2O5/c1-2-27-22(26)18-13-17(18)14-24(10-9-23-7-3-4-8-23)21(25)12-16-5-6-19-20(11-16)29-15-28-19/h5-6,11,17-18H,2-4,7-10,12-15H2,1H3/t17-,18-/m1/s1. The van der Waals surface area contributed by atoms with E-state index >= 15 is 0 Å². The summed E-state index contributed by atoms with van der Waals surface area (Å²) in [4.78, 5) is 29.4. The van der Waals surface area contributed by atoms with Crippen molar-refractivity contribution < 1.29 is 23.8 Å². The van der Waals surface area contributed by atoms with E-state index in [-0.39, 0.29) is 30.5 Å². The first-order chi connectivity index (χ1) is 14.1. The Bertz CT molecular complexity index is 747. The molecule has 3 aliphatic rings. The van der Waals surface area contributed by atoms with Crippen molar-refractivity contribution in [1.29, 1.82) is 0 Å². The minimum atomic E-state index is -0.125. The Morgan fingerprint density at radius 1 is 1.21 bits per heavy atom. The molecular formula is C22H30N2O5. The van der Waals surface area contributed by atoms with Gasteiger partial charge in [-0.1, -0.05) is 6.07 Å². The van der Waals surface area contributed by atoms with Crippen LogP contribution in [0.5, 0.6) is 11.5 Å². The van der Waals surface area contributed by atoms with E-state index in [9.17, 15) is 9.59 Å². The zero-order chi connectivity index (χ0) is 20.2. The third-order valence-corrected chi connectivity index (χ3v) is 6.00. The van der Waals surface area contributed by atoms with Crippen molar-refractivity contribution in [2.24, 2.45) is 11.8 Å². The number of ether oxygens (including phenoxy) is 3. The second-order valence-electron chi connectivity index (χ2n) is 8.11. The molecule has 1 amide bonds. The first kappa shape index (κ1) is 20.0. The summed E-state index contributed by atoms with van der Waals surface area (Å²) in [5.74, 6) is 1.56. The Labute approximate surface area is 171 Å². The topological polar surface area (TPSA) is 68.3 Å². The van der Waals surface area contributed by atoms with Crippen molar-refractivity contribution in [3.05, 3.63) is 23.8 Å². The van der Waals surface area contributed by atoms with Crippen LogP contribution in [-0.2, 0) is 20.7 Å². The molecule has 0 radical (unpaired) electrons. The molecule has 7 heteroatoms. The van der Waals surface area contributed by atoms with Gasteiger partial charge in [0.05, 0.1) is 18.9 Å². The van der Waals surface area contributed by atoms with Crippen LogP contribution in [0.25, 0.3) is 0 Å². The molecule has 1 aliphatic carbocycles. The van der Waals surface area contributed by atoms with Gasteiger partial charge in [-0.15, -0.1) is 0 Å². The minimum Gasteiger partial charge on any atom is -0.466 e. The molecule has 0 spiro atoms. The number of esters is 1. The number of amides is 1. The number of fused-ring (bicyclic) bond motifs is 1. The second-order valence-corrected chi connectivity index (χ2v) is 8.11. The molecule has 0 N–H and O–H groups in total. The molecule has 4 rings (SSSR count). The number of carbonyl (C=O) groups excluding carboxylic acids is 2. The van der Waals surface area contributed by atoms with E-state index in [0.717, 1.165) is 37.4 Å². The van der Waals surface area contributed by atoms with Gasteiger partial charge in [0.1, 0.15) is 0 Å². The van der Waals surface area contributed by atoms with Crippen LogP contribution < -0.4 is 9.47 Å². The summed E-state index contributed by atoms with van der Waals surface area (Å²) < 4.78 is 15.9. The molecule has 0 bridgehead atoms. The minimum absolute atomic E-state index is 0.0532. The van der Waals surface area contributed by atoms with Gasteiger partial charge in [-0.25, -0.2) is 0 Å². The number of hydrogen-bond donors (Lipinski definition) is 0. The molecule has 0 aromatic heterocycles. The lowest BCUT2D eigenvalue weighted by molar-refractivity contribution is -0.145. The van der Waals surface area contributed by atoms with Crippen LogP contribution in [0.4, 0.5) is 0 Å². The van der Waals surface area contributed by atoms with E-state index in [1.807, 2.05) is 30.0 Å². The van der Waals surface area contributed by atoms with Crippen LogP contribution in [0.2, 0.25) is 0 Å². The van der Waals surface area contributed by atoms with Crippen LogP contribution in [-0.4, -0.2) is 67.8 Å². The van der Waals surface area contributed by atoms with E-state index in [4.69, 9.17) is 14.2 Å². The summed E-state index contributed by atoms with van der Waals surface area (Å²) in [6.45, 7) is 6.90. The second kappa shape index (κ2) is 9.03. The molecule has 2 aliphatic heterocycles. The van der Waals surface area contributed by atoms with Crippen LogP contribution in [0.15, 0.2) is 18.2 Å². The molecule has 1 aromatic carbocycles. The van der Waals surface area contributed by atoms with Gasteiger partial charge in [0.2, 0.25) is 12.7 Å². The number of likely N-dealkylation sites (tertiary alicyclic amines) is 1. The van der Waals surface area contributed by atoms with Crippen LogP contribution in [0.3, 0.4) is 0 Å². The third-order valence-electron chi connectivity index (χ3n) is 6.00. The van der Waals surface area contributed by atoms with Gasteiger partial charge in [-0.3, -0.25) is 9.59 Å². The van der Waals surface area contributed by atoms with E-state index < -0.39 is 0 Å². The number of hydrogen-bond acceptors (Lipinski definition) is 6. The van der Waals surface area contributed by atoms with Gasteiger partial charge in [0, 0.05) is 19.6 Å². The molecule has 2 fully saturated rings. The zero-order valence-corrected chi connectivity index (χ0v) is 17.1. The van der Waals surface area contributed by atoms with Gasteiger partial charge < -0.3 is 24.0 Å². The lowest BCUT2D eigenvalue weighted by atomic mass is 10.1. The molecule has 1 saturated heterocycles. The molecule has 29 heavy (non-hydrogen) atoms. The normalized spacial score (nSPS) is 22.5. The molecule has 1 aromatic rings. The molecule has 158 valence electrons. The average molecular weight is 402 g/mol. The van der Waals surface area contributed by atoms with E-state index in [2.05, 4.69) is 4.90 Å². The number of rotatable bonds is 9. The summed E-state index contributed by atoms with van der Waals surface area (Å²) in [6.07, 6.45) is 3.61. The van der Waals surface area contributed by atoms with Gasteiger partial charge in [0.25, 0.3) is 0 Å². The van der Waals surface area contributed by atoms with E-state index in [1.54, 1.807) is 0 Å². The van der Waals surface area contributed by atoms with Crippen molar-refractivity contribution in [2.75, 3.05) is 46.1 Å². The number of carbonyl (C=O) groups is 2. The van der Waals surface area contributed by atoms with E-state index in [1.165, 1.54) is 12.8 Å². The van der Waals surface area contributed by atoms with Crippen molar-refractivity contribution in [3.8, 4) is 11.5 Å². The Kier molecular flexibility index (Phi) is 6.23. The monoisotopic (exact) mass is 402 g/mol. The Hall–Kier alpha value is -2.28. The smallest absolute Gasteiger partial charge is 0.309 e. The highest BCUT2D eigenvalue weighted by atomic mass is 16.7. The fraction of sp³-hybridized carbons (Fsp3) is 0.636. The summed E-state index contributed by atoms with van der Waals surface area (Å²) in [6, 6.07) is 5.66. The summed E-state index contributed by atoms with van der Waals surface area (Å²) in [5, 5.41) is 0. The van der Waals surface area contributed by atoms with E-state index in [0.29, 0.717) is 31.9 Å². The number of nitrogens with zero attached hydrogens (tertiary/aromatic N) is 2. The molecule has 2 heterocycles. The Morgan fingerprint density at radius 3 is 2.79 bits per heavy atom. The SMILES string of the molecule is CCOC(=O)[C@@H]1C[C@@H]1CN(CCN1CCCC1)C(=O)Cc1ccc2c(c1)OCO2. The number of benzene rings is 1. The van der Waals surface area contributed by atoms with Crippen molar-refractivity contribution >= 4 is 11.9 Å². The predicted octanol–water partition coefficient (Wildman–Crippen LogP) is 2.08. The Balaban J connectivity index is 1.37. The largest absolute Gasteiger partial charge is 0.466 e. The zero-order valence-electron chi connectivity index (χ0n) is 17.1. The molecule has 1 saturated carbocycles. The van der Waals surface area contributed by atoms with Gasteiger partial charge in [-0.2, -0.15) is 0 Å². The van der Waals surface area contributed by atoms with Gasteiger partial charge in [-0.05, 0) is 62.9 Å². The maximum absolute atomic E-state index is 13.1. The highest BCUT2D eigenvalue weighted by molar-refractivity contribution is 5.80. The van der Waals surface area contributed by atoms with Crippen molar-refractivity contribution in [2.45, 2.75) is 32.6 Å². The lowest BCUT2D eigenvalue weighted by Crippen LogP contribution is -2.40. The summed E-state index contributed by atoms with van der Waals surface area (Å²) >= 11 is 0. The molecule has 7 nitrogen and oxygen atoms in total. The first-order valence-electron chi connectivity index (χ1n) is 10.7. The maximum Gasteiger partial charge on any atom is 0.309 e. The highest BCUT2D eigenvalue weighted by Gasteiger charge is 2.45. The molecule has 2 atom stereocenters. The lowest BCUT2D eigenvalue weighted by Gasteiger charge is -2.26. The fourth-order valence-corrected chi connectivity index (χ4v) is 4.19. The third kappa shape index (κ3) is 5.01. The van der Waals surface area contributed by atoms with Crippen molar-refractivity contribution in [1.82, 2.24) is 9.80 Å². The summed E-state index contributed by atoms with van der Waals surface area (Å²) in [7, 11) is 0. The van der Waals surface area contributed by atoms with Crippen LogP contribution in [0.1, 0.15) is 31.7 Å². The van der Waals surface area contributed by atoms with Crippen LogP contribution in [0, 0.1) is 11.8 Å². The quantitative estimate of drug-likeness (QED) is 0.589. The maximum atomic E-state index is 13.1. The van der Waals surface area contributed by atoms with Crippen molar-refractivity contribution in [3.63, 3.8) is 0 Å². The predicted molar refractivity (Wildman–Crippen MR) is 107 cm³/mol. The van der Waals surface area contributed by atoms with Gasteiger partial charge in [0.15, 0.2) is 11.5 Å². The average Bonchev–Trinajstić information content (AvgIpc) is 3.07. The van der Waals surface area contributed by atoms with Crippen LogP contribution >= 0.6 is 0 Å². The Morgan fingerprint density at radius 2 is 2.00 bits per heavy atom. The fourth-order valence-electron chi connectivity index (χ4n) is 4.19. The first-order valence-corrected chi connectivity index (χ1v) is 10.7. The molecular weight excluding hydrogens is 372 g/mol. The summed E-state index contributed by atoms with van der Waals surface area (Å²) in [5.41, 5.74) is 0.920. The molecule has 0 unspecified atom stereocenters. The van der Waals surface area contributed by atoms with Gasteiger partial charge >= 0.3 is 5.97 Å².